The number of para-hydroxylation sites is 2. The van der Waals surface area contributed by atoms with Crippen LogP contribution in [0.15, 0.2) is 170 Å². The second-order valence-corrected chi connectivity index (χ2v) is 12.6. The summed E-state index contributed by atoms with van der Waals surface area (Å²) in [6, 6.07) is 56.3. The van der Waals surface area contributed by atoms with E-state index in [4.69, 9.17) is 24.7 Å². The maximum atomic E-state index is 6.61. The summed E-state index contributed by atoms with van der Waals surface area (Å²) in [6.45, 7) is 0. The molecule has 0 N–H and O–H groups in total. The van der Waals surface area contributed by atoms with Crippen LogP contribution in [0, 0.1) is 0 Å². The zero-order valence-electron chi connectivity index (χ0n) is 26.9. The van der Waals surface area contributed by atoms with Gasteiger partial charge in [-0.25, -0.2) is 15.0 Å². The van der Waals surface area contributed by atoms with E-state index >= 15 is 0 Å². The maximum Gasteiger partial charge on any atom is 0.164 e. The molecule has 1 spiro atoms. The molecule has 0 amide bonds. The van der Waals surface area contributed by atoms with E-state index in [1.165, 1.54) is 5.56 Å². The van der Waals surface area contributed by atoms with E-state index in [0.29, 0.717) is 17.5 Å². The highest BCUT2D eigenvalue weighted by molar-refractivity contribution is 6.01. The highest BCUT2D eigenvalue weighted by Crippen LogP contribution is 2.64. The lowest BCUT2D eigenvalue weighted by Crippen LogP contribution is -2.32. The van der Waals surface area contributed by atoms with Gasteiger partial charge in [0, 0.05) is 39.6 Å². The standard InChI is InChI=1S/C45H28N4O/c1-3-15-29(16-4-1)42-47-43(30-17-5-2-6-18-30)49-44(48-42)32-20-14-24-36-41(32)40-31(37-25-11-12-28-46-37)19-13-23-35(40)45(36)33-21-7-9-26-38(33)50-39-27-10-8-22-34(39)45/h1-28H. The van der Waals surface area contributed by atoms with Gasteiger partial charge in [-0.1, -0.05) is 140 Å². The monoisotopic (exact) mass is 640 g/mol. The average molecular weight is 641 g/mol. The minimum atomic E-state index is -0.658. The first-order chi connectivity index (χ1) is 24.8. The molecule has 234 valence electrons. The fraction of sp³-hybridized carbons (Fsp3) is 0.0222. The Morgan fingerprint density at radius 3 is 1.44 bits per heavy atom. The van der Waals surface area contributed by atoms with Gasteiger partial charge < -0.3 is 4.74 Å². The van der Waals surface area contributed by atoms with Crippen molar-refractivity contribution in [3.05, 3.63) is 192 Å². The number of rotatable bonds is 4. The zero-order valence-corrected chi connectivity index (χ0v) is 26.9. The Balaban J connectivity index is 1.34. The Morgan fingerprint density at radius 1 is 0.380 bits per heavy atom. The van der Waals surface area contributed by atoms with E-state index in [1.54, 1.807) is 0 Å². The molecule has 0 bridgehead atoms. The number of nitrogens with zero attached hydrogens (tertiary/aromatic N) is 4. The van der Waals surface area contributed by atoms with Crippen LogP contribution in [0.4, 0.5) is 0 Å². The van der Waals surface area contributed by atoms with Crippen molar-refractivity contribution >= 4 is 0 Å². The first kappa shape index (κ1) is 28.3. The van der Waals surface area contributed by atoms with Gasteiger partial charge in [-0.3, -0.25) is 4.98 Å². The molecule has 10 rings (SSSR count). The van der Waals surface area contributed by atoms with Crippen LogP contribution >= 0.6 is 0 Å². The normalized spacial score (nSPS) is 13.1. The van der Waals surface area contributed by atoms with Gasteiger partial charge in [0.25, 0.3) is 0 Å². The molecule has 2 aromatic heterocycles. The second-order valence-electron chi connectivity index (χ2n) is 12.6. The minimum absolute atomic E-state index is 0.613. The summed E-state index contributed by atoms with van der Waals surface area (Å²) in [5.74, 6) is 3.55. The molecule has 5 heteroatoms. The van der Waals surface area contributed by atoms with Crippen molar-refractivity contribution in [2.75, 3.05) is 0 Å². The third-order valence-corrected chi connectivity index (χ3v) is 9.87. The first-order valence-electron chi connectivity index (χ1n) is 16.7. The predicted molar refractivity (Wildman–Crippen MR) is 197 cm³/mol. The number of benzene rings is 6. The largest absolute Gasteiger partial charge is 0.457 e. The van der Waals surface area contributed by atoms with Gasteiger partial charge in [-0.05, 0) is 46.5 Å². The van der Waals surface area contributed by atoms with Crippen LogP contribution in [-0.2, 0) is 5.41 Å². The SMILES string of the molecule is c1ccc(-c2nc(-c3ccccc3)nc(-c3cccc4c3-c3c(-c5ccccn5)cccc3C43c4ccccc4Oc4ccccc43)n2)cc1. The van der Waals surface area contributed by atoms with Crippen LogP contribution in [0.5, 0.6) is 11.5 Å². The van der Waals surface area contributed by atoms with Crippen LogP contribution in [-0.4, -0.2) is 19.9 Å². The number of hydrogen-bond acceptors (Lipinski definition) is 5. The van der Waals surface area contributed by atoms with E-state index in [1.807, 2.05) is 91.1 Å². The molecular formula is C45H28N4O. The van der Waals surface area contributed by atoms with E-state index in [-0.39, 0.29) is 0 Å². The first-order valence-corrected chi connectivity index (χ1v) is 16.7. The molecule has 0 saturated carbocycles. The van der Waals surface area contributed by atoms with Crippen molar-refractivity contribution in [3.63, 3.8) is 0 Å². The molecule has 0 unspecified atom stereocenters. The molecule has 0 fully saturated rings. The van der Waals surface area contributed by atoms with Crippen LogP contribution in [0.2, 0.25) is 0 Å². The van der Waals surface area contributed by atoms with Gasteiger partial charge in [0.15, 0.2) is 17.5 Å². The van der Waals surface area contributed by atoms with Crippen LogP contribution in [0.1, 0.15) is 22.3 Å². The average Bonchev–Trinajstić information content (AvgIpc) is 3.50. The molecule has 2 aliphatic rings. The third-order valence-electron chi connectivity index (χ3n) is 9.87. The Bertz CT molecular complexity index is 2470. The van der Waals surface area contributed by atoms with Gasteiger partial charge in [0.1, 0.15) is 11.5 Å². The Morgan fingerprint density at radius 2 is 0.860 bits per heavy atom. The van der Waals surface area contributed by atoms with E-state index in [9.17, 15) is 0 Å². The van der Waals surface area contributed by atoms with Crippen LogP contribution in [0.25, 0.3) is 56.5 Å². The smallest absolute Gasteiger partial charge is 0.164 e. The van der Waals surface area contributed by atoms with Crippen molar-refractivity contribution in [2.45, 2.75) is 5.41 Å². The number of pyridine rings is 1. The topological polar surface area (TPSA) is 60.8 Å². The molecule has 8 aromatic rings. The Hall–Kier alpha value is -6.72. The summed E-state index contributed by atoms with van der Waals surface area (Å²) >= 11 is 0. The van der Waals surface area contributed by atoms with E-state index < -0.39 is 5.41 Å². The van der Waals surface area contributed by atoms with Gasteiger partial charge in [0.05, 0.1) is 11.1 Å². The fourth-order valence-electron chi connectivity index (χ4n) is 7.84. The van der Waals surface area contributed by atoms with Crippen molar-refractivity contribution in [2.24, 2.45) is 0 Å². The Labute approximate surface area is 289 Å². The second kappa shape index (κ2) is 11.2. The molecular weight excluding hydrogens is 613 g/mol. The van der Waals surface area contributed by atoms with Crippen molar-refractivity contribution in [1.82, 2.24) is 19.9 Å². The minimum Gasteiger partial charge on any atom is -0.457 e. The summed E-state index contributed by atoms with van der Waals surface area (Å²) in [5.41, 5.74) is 10.8. The maximum absolute atomic E-state index is 6.61. The lowest BCUT2D eigenvalue weighted by molar-refractivity contribution is 0.436. The molecule has 3 heterocycles. The lowest BCUT2D eigenvalue weighted by atomic mass is 9.66. The molecule has 1 aliphatic carbocycles. The van der Waals surface area contributed by atoms with Crippen molar-refractivity contribution < 1.29 is 4.74 Å². The number of ether oxygens (including phenoxy) is 1. The quantitative estimate of drug-likeness (QED) is 0.192. The summed E-state index contributed by atoms with van der Waals surface area (Å²) < 4.78 is 6.61. The highest BCUT2D eigenvalue weighted by Gasteiger charge is 2.52. The van der Waals surface area contributed by atoms with Crippen LogP contribution in [0.3, 0.4) is 0 Å². The van der Waals surface area contributed by atoms with Gasteiger partial charge in [-0.2, -0.15) is 0 Å². The zero-order chi connectivity index (χ0) is 33.1. The Kier molecular flexibility index (Phi) is 6.33. The third kappa shape index (κ3) is 4.13. The molecule has 0 saturated heterocycles. The summed E-state index contributed by atoms with van der Waals surface area (Å²) in [4.78, 5) is 20.3. The van der Waals surface area contributed by atoms with E-state index in [2.05, 4.69) is 78.9 Å². The molecule has 5 nitrogen and oxygen atoms in total. The molecule has 0 atom stereocenters. The van der Waals surface area contributed by atoms with Gasteiger partial charge in [0.2, 0.25) is 0 Å². The fourth-order valence-corrected chi connectivity index (χ4v) is 7.84. The highest BCUT2D eigenvalue weighted by atomic mass is 16.5. The van der Waals surface area contributed by atoms with Gasteiger partial charge in [-0.15, -0.1) is 0 Å². The molecule has 1 aliphatic heterocycles. The number of hydrogen-bond donors (Lipinski definition) is 0. The molecule has 6 aromatic carbocycles. The summed E-state index contributed by atoms with van der Waals surface area (Å²) in [7, 11) is 0. The summed E-state index contributed by atoms with van der Waals surface area (Å²) in [5, 5.41) is 0. The van der Waals surface area contributed by atoms with Crippen LogP contribution < -0.4 is 4.74 Å². The number of fused-ring (bicyclic) bond motifs is 9. The molecule has 50 heavy (non-hydrogen) atoms. The van der Waals surface area contributed by atoms with Crippen molar-refractivity contribution in [1.29, 1.82) is 0 Å². The van der Waals surface area contributed by atoms with Gasteiger partial charge >= 0.3 is 0 Å². The van der Waals surface area contributed by atoms with Crippen molar-refractivity contribution in [3.8, 4) is 68.0 Å². The van der Waals surface area contributed by atoms with E-state index in [0.717, 1.165) is 67.3 Å². The summed E-state index contributed by atoms with van der Waals surface area (Å²) in [6.07, 6.45) is 1.86. The lowest BCUT2D eigenvalue weighted by Gasteiger charge is -2.39. The predicted octanol–water partition coefficient (Wildman–Crippen LogP) is 10.4. The number of aromatic nitrogens is 4. The molecule has 0 radical (unpaired) electrons.